The van der Waals surface area contributed by atoms with Gasteiger partial charge in [0.05, 0.1) is 36.8 Å². The van der Waals surface area contributed by atoms with Crippen LogP contribution in [0.15, 0.2) is 18.2 Å². The molecule has 0 radical (unpaired) electrons. The molecule has 10 atom stereocenters. The standard InChI is InChI=1S/C73H110ClF3N12O13/c1-11-45(4)60-64(94)78-46(5)65(95)89-35-31-55(89)68(98)84(8)56(41-47-20-13-12-14-21-47)67(97)82(6)43-58(90)79-52(29-27-48-26-28-50(51(74)40-48)73(75,76)77)66(96)88-34-19-24-54(88)63(93)81-72(32-17-18-33-72)71(101)86(10)61(49-22-15-16-23-49)70(100)85(9)57(69(99)87-36-38-102-39-37-87)42-59(91)83(7)53(62(92)80-60)30-25-44(2)3/h26,28,40,44-47,49,52-57,60-61H,11-25,27,29-39,41-43H2,1-10H3,(H,78,94)(H,79,90)(H,80,92)(H,81,93)/t45-,46-,52-,53-,54-,55-,56-,57-,60-,61-/m0/s1. The number of amides is 12. The number of aryl methyl sites for hydroxylation is 1. The normalized spacial score (nSPS) is 28.3. The van der Waals surface area contributed by atoms with E-state index in [1.807, 2.05) is 20.8 Å². The average molecular weight is 1460 g/mol. The van der Waals surface area contributed by atoms with Crippen molar-refractivity contribution in [2.75, 3.05) is 81.2 Å². The summed E-state index contributed by atoms with van der Waals surface area (Å²) in [6.07, 6.45) is 4.55. The number of nitrogens with one attached hydrogen (secondary N) is 4. The van der Waals surface area contributed by atoms with Gasteiger partial charge in [-0.05, 0) is 125 Å². The number of rotatable bonds is 12. The van der Waals surface area contributed by atoms with Crippen LogP contribution in [0, 0.1) is 23.7 Å². The zero-order valence-corrected chi connectivity index (χ0v) is 62.1. The molecule has 29 heteroatoms. The molecular weight excluding hydrogens is 1350 g/mol. The summed E-state index contributed by atoms with van der Waals surface area (Å²) >= 11 is 6.17. The van der Waals surface area contributed by atoms with Gasteiger partial charge in [0, 0.05) is 61.4 Å². The predicted octanol–water partition coefficient (Wildman–Crippen LogP) is 5.46. The molecule has 4 N–H and O–H groups in total. The van der Waals surface area contributed by atoms with Gasteiger partial charge in [-0.1, -0.05) is 110 Å². The van der Waals surface area contributed by atoms with Gasteiger partial charge in [-0.2, -0.15) is 13.2 Å². The predicted molar refractivity (Wildman–Crippen MR) is 373 cm³/mol. The van der Waals surface area contributed by atoms with Crippen LogP contribution in [-0.4, -0.2) is 251 Å². The number of morpholine rings is 1. The van der Waals surface area contributed by atoms with Crippen LogP contribution >= 0.6 is 11.6 Å². The molecule has 568 valence electrons. The lowest BCUT2D eigenvalue weighted by Gasteiger charge is -2.44. The molecule has 7 fully saturated rings. The van der Waals surface area contributed by atoms with E-state index in [1.54, 1.807) is 6.92 Å². The minimum atomic E-state index is -4.76. The first-order chi connectivity index (χ1) is 48.3. The maximum atomic E-state index is 15.7. The van der Waals surface area contributed by atoms with E-state index in [2.05, 4.69) is 21.3 Å². The Bertz CT molecular complexity index is 3210. The first kappa shape index (κ1) is 80.6. The number of carbonyl (C=O) groups is 12. The second-order valence-electron chi connectivity index (χ2n) is 30.3. The van der Waals surface area contributed by atoms with Crippen molar-refractivity contribution in [1.82, 2.24) is 60.5 Å². The third-order valence-electron chi connectivity index (χ3n) is 22.8. The number of likely N-dealkylation sites (N-methyl/N-ethyl adjacent to an activating group) is 5. The van der Waals surface area contributed by atoms with E-state index in [0.717, 1.165) is 62.0 Å². The highest BCUT2D eigenvalue weighted by Gasteiger charge is 2.52. The molecule has 0 aromatic heterocycles. The number of halogens is 4. The van der Waals surface area contributed by atoms with E-state index in [0.29, 0.717) is 50.5 Å². The Labute approximate surface area is 603 Å². The summed E-state index contributed by atoms with van der Waals surface area (Å²) in [6.45, 7) is 9.23. The molecule has 7 aliphatic rings. The molecule has 4 aliphatic heterocycles. The molecule has 1 aromatic rings. The Hall–Kier alpha value is -7.10. The van der Waals surface area contributed by atoms with Gasteiger partial charge in [-0.15, -0.1) is 0 Å². The molecule has 3 aliphatic carbocycles. The quantitative estimate of drug-likeness (QED) is 0.203. The van der Waals surface area contributed by atoms with E-state index in [9.17, 15) is 41.9 Å². The molecule has 1 aromatic carbocycles. The van der Waals surface area contributed by atoms with Crippen molar-refractivity contribution in [3.05, 3.63) is 34.3 Å². The van der Waals surface area contributed by atoms with Crippen LogP contribution in [0.3, 0.4) is 0 Å². The van der Waals surface area contributed by atoms with Crippen molar-refractivity contribution in [3.8, 4) is 0 Å². The zero-order valence-electron chi connectivity index (χ0n) is 61.3. The maximum Gasteiger partial charge on any atom is 0.417 e. The third kappa shape index (κ3) is 19.2. The van der Waals surface area contributed by atoms with Crippen molar-refractivity contribution < 1.29 is 75.4 Å². The molecule has 3 saturated carbocycles. The number of fused-ring (bicyclic) bond motifs is 2. The van der Waals surface area contributed by atoms with Crippen LogP contribution in [0.4, 0.5) is 13.2 Å². The average Bonchev–Trinajstić information content (AvgIpc) is 1.38. The summed E-state index contributed by atoms with van der Waals surface area (Å²) in [6, 6.07) is -7.88. The molecule has 4 heterocycles. The third-order valence-corrected chi connectivity index (χ3v) is 23.1. The summed E-state index contributed by atoms with van der Waals surface area (Å²) in [5.41, 5.74) is -2.35. The zero-order chi connectivity index (χ0) is 74.7. The summed E-state index contributed by atoms with van der Waals surface area (Å²) in [5, 5.41) is 11.0. The number of hydrogen-bond acceptors (Lipinski definition) is 13. The second-order valence-corrected chi connectivity index (χ2v) is 30.7. The Kier molecular flexibility index (Phi) is 28.1. The Morgan fingerprint density at radius 1 is 0.657 bits per heavy atom. The van der Waals surface area contributed by atoms with Gasteiger partial charge in [0.25, 0.3) is 0 Å². The highest BCUT2D eigenvalue weighted by Crippen LogP contribution is 2.39. The highest BCUT2D eigenvalue weighted by atomic mass is 35.5. The molecule has 8 rings (SSSR count). The van der Waals surface area contributed by atoms with E-state index in [1.165, 1.54) is 82.5 Å². The van der Waals surface area contributed by atoms with Crippen molar-refractivity contribution in [2.24, 2.45) is 23.7 Å². The molecule has 0 unspecified atom stereocenters. The Balaban J connectivity index is 1.17. The molecular formula is C73H110ClF3N12O13. The molecule has 1 spiro atoms. The largest absolute Gasteiger partial charge is 0.417 e. The summed E-state index contributed by atoms with van der Waals surface area (Å²) in [4.78, 5) is 191. The monoisotopic (exact) mass is 1450 g/mol. The van der Waals surface area contributed by atoms with Gasteiger partial charge in [0.2, 0.25) is 70.9 Å². The first-order valence-electron chi connectivity index (χ1n) is 37.1. The molecule has 12 amide bonds. The number of alkyl halides is 3. The fourth-order valence-electron chi connectivity index (χ4n) is 16.2. The minimum Gasteiger partial charge on any atom is -0.378 e. The smallest absolute Gasteiger partial charge is 0.378 e. The van der Waals surface area contributed by atoms with Crippen molar-refractivity contribution in [3.63, 3.8) is 0 Å². The van der Waals surface area contributed by atoms with E-state index in [-0.39, 0.29) is 103 Å². The summed E-state index contributed by atoms with van der Waals surface area (Å²) in [5.74, 6) is -8.58. The van der Waals surface area contributed by atoms with Gasteiger partial charge in [0.1, 0.15) is 59.9 Å². The molecule has 25 nitrogen and oxygen atoms in total. The van der Waals surface area contributed by atoms with Crippen LogP contribution in [0.2, 0.25) is 5.02 Å². The lowest BCUT2D eigenvalue weighted by molar-refractivity contribution is -0.158. The SMILES string of the molecule is CC[C@H](C)[C@@H]1NC(=O)[C@H](CCC(C)C)N(C)C(=O)C[C@@H](C(=O)N2CCOCC2)N(C)C(=O)[C@H](C2CCCC2)N(C)C(=O)C2(CCCC2)NC(=O)[C@@H]2CCCN2C(=O)[C@H](CCc2ccc(C(F)(F)F)c(Cl)c2)NC(=O)CN(C)C(=O)[C@H](CC2CCCCC2)N(C)C(=O)[C@@H]2CCN2C(=O)[C@H](C)NC1=O. The van der Waals surface area contributed by atoms with E-state index >= 15 is 28.8 Å². The molecule has 4 saturated heterocycles. The van der Waals surface area contributed by atoms with Gasteiger partial charge >= 0.3 is 6.18 Å². The lowest BCUT2D eigenvalue weighted by Crippen LogP contribution is -2.65. The Morgan fingerprint density at radius 3 is 1.91 bits per heavy atom. The lowest BCUT2D eigenvalue weighted by atomic mass is 9.84. The van der Waals surface area contributed by atoms with Crippen LogP contribution < -0.4 is 21.3 Å². The van der Waals surface area contributed by atoms with Crippen LogP contribution in [0.1, 0.15) is 187 Å². The highest BCUT2D eigenvalue weighted by molar-refractivity contribution is 6.31. The van der Waals surface area contributed by atoms with Crippen molar-refractivity contribution in [1.29, 1.82) is 0 Å². The fraction of sp³-hybridized carbons (Fsp3) is 0.753. The number of carbonyl (C=O) groups excluding carboxylic acids is 12. The minimum absolute atomic E-state index is 0.0215. The molecule has 102 heavy (non-hydrogen) atoms. The van der Waals surface area contributed by atoms with Crippen LogP contribution in [0.25, 0.3) is 0 Å². The van der Waals surface area contributed by atoms with Crippen LogP contribution in [0.5, 0.6) is 0 Å². The second kappa shape index (κ2) is 35.6. The van der Waals surface area contributed by atoms with Gasteiger partial charge in [-0.25, -0.2) is 0 Å². The Morgan fingerprint density at radius 2 is 1.30 bits per heavy atom. The topological polar surface area (TPSA) is 288 Å². The van der Waals surface area contributed by atoms with Crippen LogP contribution in [-0.2, 0) is 74.9 Å². The van der Waals surface area contributed by atoms with E-state index < -0.39 is 172 Å². The number of ether oxygens (including phenoxy) is 1. The summed E-state index contributed by atoms with van der Waals surface area (Å²) in [7, 11) is 7.24. The first-order valence-corrected chi connectivity index (χ1v) is 37.5. The number of hydrogen-bond donors (Lipinski definition) is 4. The van der Waals surface area contributed by atoms with Crippen molar-refractivity contribution in [2.45, 2.75) is 248 Å². The van der Waals surface area contributed by atoms with Gasteiger partial charge < -0.3 is 65.2 Å². The summed E-state index contributed by atoms with van der Waals surface area (Å²) < 4.78 is 47.3. The number of benzene rings is 1. The van der Waals surface area contributed by atoms with Gasteiger partial charge in [-0.3, -0.25) is 57.5 Å². The maximum absolute atomic E-state index is 15.7. The molecule has 0 bridgehead atoms. The number of nitrogens with zero attached hydrogens (tertiary/aromatic N) is 8. The van der Waals surface area contributed by atoms with Crippen molar-refractivity contribution >= 4 is 82.5 Å². The van der Waals surface area contributed by atoms with E-state index in [4.69, 9.17) is 16.3 Å². The fourth-order valence-corrected chi connectivity index (χ4v) is 16.5. The van der Waals surface area contributed by atoms with Gasteiger partial charge in [0.15, 0.2) is 0 Å².